The number of carbonyl (C=O) groups excluding carboxylic acids is 1. The molecule has 2 aromatic carbocycles. The predicted molar refractivity (Wildman–Crippen MR) is 89.0 cm³/mol. The average molecular weight is 302 g/mol. The molecular formula is C18H20ClNO. The summed E-state index contributed by atoms with van der Waals surface area (Å²) in [5, 5.41) is 0. The molecule has 0 radical (unpaired) electrons. The smallest absolute Gasteiger partial charge is 0.248 e. The zero-order valence-corrected chi connectivity index (χ0v) is 13.0. The van der Waals surface area contributed by atoms with Crippen molar-refractivity contribution in [3.05, 3.63) is 59.2 Å². The number of hydrogen-bond acceptors (Lipinski definition) is 1. The summed E-state index contributed by atoms with van der Waals surface area (Å²) < 4.78 is 0. The Morgan fingerprint density at radius 1 is 1.10 bits per heavy atom. The number of nitrogens with two attached hydrogens (primary N) is 1. The Hall–Kier alpha value is -1.80. The van der Waals surface area contributed by atoms with E-state index < -0.39 is 0 Å². The van der Waals surface area contributed by atoms with E-state index in [2.05, 4.69) is 19.1 Å². The number of hydrogen-bond donors (Lipinski definition) is 1. The van der Waals surface area contributed by atoms with E-state index in [1.807, 2.05) is 30.3 Å². The van der Waals surface area contributed by atoms with Gasteiger partial charge < -0.3 is 5.73 Å². The molecule has 3 heteroatoms. The third-order valence-corrected chi connectivity index (χ3v) is 4.38. The van der Waals surface area contributed by atoms with Gasteiger partial charge >= 0.3 is 0 Å². The maximum absolute atomic E-state index is 11.7. The second-order valence-electron chi connectivity index (χ2n) is 5.56. The van der Waals surface area contributed by atoms with Crippen LogP contribution in [0, 0.1) is 6.92 Å². The molecule has 1 fully saturated rings. The van der Waals surface area contributed by atoms with E-state index in [1.54, 1.807) is 0 Å². The Bertz CT molecular complexity index is 648. The van der Waals surface area contributed by atoms with Gasteiger partial charge in [-0.05, 0) is 54.0 Å². The van der Waals surface area contributed by atoms with Crippen molar-refractivity contribution in [2.75, 3.05) is 0 Å². The Kier molecular flexibility index (Phi) is 4.69. The molecule has 1 amide bonds. The highest BCUT2D eigenvalue weighted by molar-refractivity contribution is 5.96. The number of carbonyl (C=O) groups is 1. The fraction of sp³-hybridized carbons (Fsp3) is 0.278. The average Bonchev–Trinajstić information content (AvgIpc) is 2.39. The van der Waals surface area contributed by atoms with Crippen molar-refractivity contribution in [2.45, 2.75) is 32.1 Å². The summed E-state index contributed by atoms with van der Waals surface area (Å²) in [5.74, 6) is 0.191. The molecule has 0 bridgehead atoms. The van der Waals surface area contributed by atoms with Crippen LogP contribution in [0.4, 0.5) is 0 Å². The highest BCUT2D eigenvalue weighted by atomic mass is 35.5. The first-order chi connectivity index (χ1) is 9.68. The lowest BCUT2D eigenvalue weighted by atomic mass is 9.75. The molecule has 21 heavy (non-hydrogen) atoms. The van der Waals surface area contributed by atoms with E-state index >= 15 is 0 Å². The summed E-state index contributed by atoms with van der Waals surface area (Å²) in [7, 11) is 0. The molecule has 0 saturated heterocycles. The van der Waals surface area contributed by atoms with Gasteiger partial charge in [0.05, 0.1) is 0 Å². The number of primary amides is 1. The minimum atomic E-state index is -0.311. The van der Waals surface area contributed by atoms with E-state index in [4.69, 9.17) is 5.73 Å². The topological polar surface area (TPSA) is 43.1 Å². The Balaban J connectivity index is 0.00000161. The van der Waals surface area contributed by atoms with Gasteiger partial charge in [0, 0.05) is 5.56 Å². The maximum Gasteiger partial charge on any atom is 0.248 e. The van der Waals surface area contributed by atoms with Crippen molar-refractivity contribution in [3.8, 4) is 11.1 Å². The van der Waals surface area contributed by atoms with Crippen LogP contribution < -0.4 is 5.73 Å². The van der Waals surface area contributed by atoms with Crippen LogP contribution in [0.3, 0.4) is 0 Å². The third-order valence-electron chi connectivity index (χ3n) is 4.38. The first kappa shape index (κ1) is 15.6. The van der Waals surface area contributed by atoms with Crippen molar-refractivity contribution >= 4 is 18.3 Å². The zero-order chi connectivity index (χ0) is 14.1. The molecule has 1 saturated carbocycles. The van der Waals surface area contributed by atoms with Gasteiger partial charge in [0.2, 0.25) is 5.91 Å². The minimum Gasteiger partial charge on any atom is -0.366 e. The number of rotatable bonds is 3. The summed E-state index contributed by atoms with van der Waals surface area (Å²) in [6, 6.07) is 14.2. The minimum absolute atomic E-state index is 0. The number of amides is 1. The van der Waals surface area contributed by atoms with Gasteiger partial charge in [-0.15, -0.1) is 12.4 Å². The van der Waals surface area contributed by atoms with E-state index in [0.717, 1.165) is 0 Å². The summed E-state index contributed by atoms with van der Waals surface area (Å²) in [4.78, 5) is 11.7. The summed E-state index contributed by atoms with van der Waals surface area (Å²) in [6.07, 6.45) is 3.58. The van der Waals surface area contributed by atoms with Crippen molar-refractivity contribution in [2.24, 2.45) is 5.73 Å². The van der Waals surface area contributed by atoms with Crippen LogP contribution in [0.15, 0.2) is 42.5 Å². The number of benzene rings is 2. The van der Waals surface area contributed by atoms with Gasteiger partial charge in [0.25, 0.3) is 0 Å². The number of halogens is 1. The first-order valence-electron chi connectivity index (χ1n) is 7.17. The SMILES string of the molecule is Cc1c(-c2ccccc2)ccc(C(N)=O)c1C1CCC1.Cl. The van der Waals surface area contributed by atoms with Crippen LogP contribution in [0.25, 0.3) is 11.1 Å². The fourth-order valence-electron chi connectivity index (χ4n) is 3.10. The van der Waals surface area contributed by atoms with Gasteiger partial charge in [-0.2, -0.15) is 0 Å². The standard InChI is InChI=1S/C18H19NO.ClH/c1-12-15(13-6-3-2-4-7-13)10-11-16(18(19)20)17(12)14-8-5-9-14;/h2-4,6-7,10-11,14H,5,8-9H2,1H3,(H2,19,20);1H. The lowest BCUT2D eigenvalue weighted by Crippen LogP contribution is -2.20. The lowest BCUT2D eigenvalue weighted by molar-refractivity contribution is 0.0998. The molecule has 1 aliphatic rings. The highest BCUT2D eigenvalue weighted by Gasteiger charge is 2.26. The molecule has 3 rings (SSSR count). The molecule has 2 aromatic rings. The lowest BCUT2D eigenvalue weighted by Gasteiger charge is -2.30. The predicted octanol–water partition coefficient (Wildman–Crippen LogP) is 4.45. The summed E-state index contributed by atoms with van der Waals surface area (Å²) in [6.45, 7) is 2.11. The Morgan fingerprint density at radius 2 is 1.76 bits per heavy atom. The second-order valence-corrected chi connectivity index (χ2v) is 5.56. The van der Waals surface area contributed by atoms with Crippen molar-refractivity contribution in [3.63, 3.8) is 0 Å². The molecule has 0 unspecified atom stereocenters. The molecule has 0 aliphatic heterocycles. The van der Waals surface area contributed by atoms with E-state index in [0.29, 0.717) is 11.5 Å². The zero-order valence-electron chi connectivity index (χ0n) is 12.1. The van der Waals surface area contributed by atoms with Gasteiger partial charge in [-0.1, -0.05) is 42.8 Å². The third kappa shape index (κ3) is 2.81. The molecular weight excluding hydrogens is 282 g/mol. The van der Waals surface area contributed by atoms with Gasteiger partial charge in [0.15, 0.2) is 0 Å². The van der Waals surface area contributed by atoms with E-state index in [9.17, 15) is 4.79 Å². The van der Waals surface area contributed by atoms with Crippen molar-refractivity contribution < 1.29 is 4.79 Å². The molecule has 2 N–H and O–H groups in total. The highest BCUT2D eigenvalue weighted by Crippen LogP contribution is 2.42. The molecule has 2 nitrogen and oxygen atoms in total. The van der Waals surface area contributed by atoms with Gasteiger partial charge in [-0.3, -0.25) is 4.79 Å². The summed E-state index contributed by atoms with van der Waals surface area (Å²) in [5.41, 5.74) is 11.0. The van der Waals surface area contributed by atoms with Gasteiger partial charge in [0.1, 0.15) is 0 Å². The quantitative estimate of drug-likeness (QED) is 0.894. The Labute approximate surface area is 131 Å². The molecule has 110 valence electrons. The van der Waals surface area contributed by atoms with E-state index in [1.165, 1.54) is 41.5 Å². The van der Waals surface area contributed by atoms with Crippen LogP contribution in [-0.2, 0) is 0 Å². The first-order valence-corrected chi connectivity index (χ1v) is 7.17. The van der Waals surface area contributed by atoms with Crippen LogP contribution in [0.1, 0.15) is 46.7 Å². The molecule has 1 aliphatic carbocycles. The van der Waals surface area contributed by atoms with Crippen LogP contribution in [0.5, 0.6) is 0 Å². The molecule has 0 heterocycles. The summed E-state index contributed by atoms with van der Waals surface area (Å²) >= 11 is 0. The van der Waals surface area contributed by atoms with Crippen molar-refractivity contribution in [1.82, 2.24) is 0 Å². The monoisotopic (exact) mass is 301 g/mol. The maximum atomic E-state index is 11.7. The van der Waals surface area contributed by atoms with Crippen LogP contribution in [-0.4, -0.2) is 5.91 Å². The normalized spacial score (nSPS) is 14.1. The van der Waals surface area contributed by atoms with Crippen LogP contribution >= 0.6 is 12.4 Å². The molecule has 0 atom stereocenters. The van der Waals surface area contributed by atoms with Gasteiger partial charge in [-0.25, -0.2) is 0 Å². The molecule has 0 aromatic heterocycles. The second kappa shape index (κ2) is 6.31. The van der Waals surface area contributed by atoms with Crippen LogP contribution in [0.2, 0.25) is 0 Å². The Morgan fingerprint density at radius 3 is 2.29 bits per heavy atom. The fourth-order valence-corrected chi connectivity index (χ4v) is 3.10. The molecule has 0 spiro atoms. The van der Waals surface area contributed by atoms with Crippen molar-refractivity contribution in [1.29, 1.82) is 0 Å². The van der Waals surface area contributed by atoms with E-state index in [-0.39, 0.29) is 18.3 Å². The largest absolute Gasteiger partial charge is 0.366 e.